The average molecular weight is 196 g/mol. The first kappa shape index (κ1) is 10.8. The van der Waals surface area contributed by atoms with Crippen LogP contribution in [0.2, 0.25) is 0 Å². The van der Waals surface area contributed by atoms with Crippen LogP contribution in [0.25, 0.3) is 0 Å². The van der Waals surface area contributed by atoms with Gasteiger partial charge in [0.1, 0.15) is 0 Å². The van der Waals surface area contributed by atoms with E-state index in [1.54, 1.807) is 0 Å². The van der Waals surface area contributed by atoms with E-state index in [0.29, 0.717) is 12.8 Å². The smallest absolute Gasteiger partial charge is 0.380 e. The third-order valence-corrected chi connectivity index (χ3v) is 3.18. The highest BCUT2D eigenvalue weighted by Crippen LogP contribution is 2.51. The minimum Gasteiger partial charge on any atom is -0.380 e. The summed E-state index contributed by atoms with van der Waals surface area (Å²) in [6.07, 6.45) is -3.01. The van der Waals surface area contributed by atoms with Gasteiger partial charge in [0.15, 0.2) is 5.60 Å². The second-order valence-electron chi connectivity index (χ2n) is 4.45. The van der Waals surface area contributed by atoms with Crippen molar-refractivity contribution in [3.63, 3.8) is 0 Å². The fourth-order valence-electron chi connectivity index (χ4n) is 2.02. The van der Waals surface area contributed by atoms with Gasteiger partial charge in [-0.15, -0.1) is 0 Å². The van der Waals surface area contributed by atoms with Gasteiger partial charge in [0, 0.05) is 5.41 Å². The topological polar surface area (TPSA) is 20.2 Å². The first-order valence-corrected chi connectivity index (χ1v) is 4.50. The zero-order valence-electron chi connectivity index (χ0n) is 7.91. The molecule has 1 rings (SSSR count). The predicted octanol–water partition coefficient (Wildman–Crippen LogP) is 2.88. The van der Waals surface area contributed by atoms with Crippen LogP contribution in [0.5, 0.6) is 0 Å². The molecule has 1 saturated carbocycles. The van der Waals surface area contributed by atoms with Crippen LogP contribution in [0.1, 0.15) is 39.5 Å². The highest BCUT2D eigenvalue weighted by molar-refractivity contribution is 5.01. The number of hydrogen-bond acceptors (Lipinski definition) is 1. The Morgan fingerprint density at radius 3 is 1.85 bits per heavy atom. The number of rotatable bonds is 0. The van der Waals surface area contributed by atoms with Crippen LogP contribution in [0.4, 0.5) is 13.2 Å². The lowest BCUT2D eigenvalue weighted by atomic mass is 9.65. The van der Waals surface area contributed by atoms with Crippen LogP contribution in [-0.2, 0) is 0 Å². The maximum atomic E-state index is 12.6. The van der Waals surface area contributed by atoms with Crippen molar-refractivity contribution in [3.8, 4) is 0 Å². The van der Waals surface area contributed by atoms with E-state index >= 15 is 0 Å². The molecule has 4 heteroatoms. The van der Waals surface area contributed by atoms with Crippen molar-refractivity contribution in [1.82, 2.24) is 0 Å². The molecule has 0 aliphatic heterocycles. The summed E-state index contributed by atoms with van der Waals surface area (Å²) in [6.45, 7) is 2.97. The molecule has 0 aromatic carbocycles. The summed E-state index contributed by atoms with van der Waals surface area (Å²) in [5, 5.41) is 9.61. The normalized spacial score (nSPS) is 34.6. The van der Waals surface area contributed by atoms with Gasteiger partial charge in [-0.3, -0.25) is 0 Å². The molecule has 0 amide bonds. The van der Waals surface area contributed by atoms with Gasteiger partial charge in [0.2, 0.25) is 0 Å². The molecule has 0 aromatic heterocycles. The van der Waals surface area contributed by atoms with Crippen molar-refractivity contribution in [1.29, 1.82) is 0 Å². The molecule has 78 valence electrons. The summed E-state index contributed by atoms with van der Waals surface area (Å²) >= 11 is 0. The first-order chi connectivity index (χ1) is 5.71. The lowest BCUT2D eigenvalue weighted by Gasteiger charge is -2.47. The van der Waals surface area contributed by atoms with Gasteiger partial charge in [-0.05, 0) is 12.8 Å². The second-order valence-corrected chi connectivity index (χ2v) is 4.45. The molecule has 1 unspecified atom stereocenters. The van der Waals surface area contributed by atoms with Crippen LogP contribution in [0.3, 0.4) is 0 Å². The molecular formula is C9H15F3O. The third-order valence-electron chi connectivity index (χ3n) is 3.18. The molecular weight excluding hydrogens is 181 g/mol. The molecule has 13 heavy (non-hydrogen) atoms. The van der Waals surface area contributed by atoms with E-state index in [2.05, 4.69) is 0 Å². The molecule has 1 aliphatic carbocycles. The molecule has 1 nitrogen and oxygen atoms in total. The number of aliphatic hydroxyl groups is 1. The van der Waals surface area contributed by atoms with Crippen molar-refractivity contribution >= 4 is 0 Å². The van der Waals surface area contributed by atoms with Crippen molar-refractivity contribution in [3.05, 3.63) is 0 Å². The summed E-state index contributed by atoms with van der Waals surface area (Å²) in [5.74, 6) is 0. The van der Waals surface area contributed by atoms with Crippen LogP contribution in [0.15, 0.2) is 0 Å². The lowest BCUT2D eigenvalue weighted by molar-refractivity contribution is -0.307. The molecule has 0 bridgehead atoms. The number of hydrogen-bond donors (Lipinski definition) is 1. The second kappa shape index (κ2) is 2.87. The van der Waals surface area contributed by atoms with E-state index in [1.807, 2.05) is 0 Å². The Bertz CT molecular complexity index is 198. The SMILES string of the molecule is CC1(C)CCCCC1(O)C(F)(F)F. The molecule has 1 fully saturated rings. The van der Waals surface area contributed by atoms with Crippen LogP contribution < -0.4 is 0 Å². The monoisotopic (exact) mass is 196 g/mol. The van der Waals surface area contributed by atoms with Gasteiger partial charge < -0.3 is 5.11 Å². The summed E-state index contributed by atoms with van der Waals surface area (Å²) in [6, 6.07) is 0. The predicted molar refractivity (Wildman–Crippen MR) is 43.3 cm³/mol. The largest absolute Gasteiger partial charge is 0.417 e. The van der Waals surface area contributed by atoms with Crippen LogP contribution >= 0.6 is 0 Å². The number of alkyl halides is 3. The van der Waals surface area contributed by atoms with Crippen LogP contribution in [0, 0.1) is 5.41 Å². The van der Waals surface area contributed by atoms with Crippen molar-refractivity contribution in [2.45, 2.75) is 51.3 Å². The molecule has 0 heterocycles. The average Bonchev–Trinajstić information content (AvgIpc) is 1.93. The molecule has 1 N–H and O–H groups in total. The van der Waals surface area contributed by atoms with E-state index in [9.17, 15) is 18.3 Å². The maximum Gasteiger partial charge on any atom is 0.417 e. The Labute approximate surface area is 75.9 Å². The molecule has 1 atom stereocenters. The van der Waals surface area contributed by atoms with Gasteiger partial charge >= 0.3 is 6.18 Å². The van der Waals surface area contributed by atoms with E-state index in [4.69, 9.17) is 0 Å². The fraction of sp³-hybridized carbons (Fsp3) is 1.00. The highest BCUT2D eigenvalue weighted by Gasteiger charge is 2.62. The van der Waals surface area contributed by atoms with E-state index in [1.165, 1.54) is 13.8 Å². The van der Waals surface area contributed by atoms with E-state index in [0.717, 1.165) is 6.42 Å². The Balaban J connectivity index is 2.98. The minimum atomic E-state index is -4.50. The quantitative estimate of drug-likeness (QED) is 0.631. The zero-order chi connectivity index (χ0) is 10.3. The fourth-order valence-corrected chi connectivity index (χ4v) is 2.02. The number of halogens is 3. The standard InChI is InChI=1S/C9H15F3O/c1-7(2)5-3-4-6-8(7,13)9(10,11)12/h13H,3-6H2,1-2H3. The summed E-state index contributed by atoms with van der Waals surface area (Å²) in [4.78, 5) is 0. The highest BCUT2D eigenvalue weighted by atomic mass is 19.4. The van der Waals surface area contributed by atoms with Crippen molar-refractivity contribution in [2.75, 3.05) is 0 Å². The Hall–Kier alpha value is -0.250. The Kier molecular flexibility index (Phi) is 2.39. The van der Waals surface area contributed by atoms with Gasteiger partial charge in [-0.1, -0.05) is 26.7 Å². The Morgan fingerprint density at radius 1 is 1.08 bits per heavy atom. The lowest BCUT2D eigenvalue weighted by Crippen LogP contribution is -2.57. The van der Waals surface area contributed by atoms with Crippen LogP contribution in [-0.4, -0.2) is 16.9 Å². The summed E-state index contributed by atoms with van der Waals surface area (Å²) in [5.41, 5.74) is -3.54. The molecule has 0 saturated heterocycles. The van der Waals surface area contributed by atoms with Gasteiger partial charge in [-0.25, -0.2) is 0 Å². The summed E-state index contributed by atoms with van der Waals surface area (Å²) in [7, 11) is 0. The third kappa shape index (κ3) is 1.56. The molecule has 1 aliphatic rings. The van der Waals surface area contributed by atoms with Crippen molar-refractivity contribution in [2.24, 2.45) is 5.41 Å². The molecule has 0 spiro atoms. The van der Waals surface area contributed by atoms with E-state index < -0.39 is 17.2 Å². The zero-order valence-corrected chi connectivity index (χ0v) is 7.91. The first-order valence-electron chi connectivity index (χ1n) is 4.50. The van der Waals surface area contributed by atoms with Crippen molar-refractivity contribution < 1.29 is 18.3 Å². The van der Waals surface area contributed by atoms with Gasteiger partial charge in [0.25, 0.3) is 0 Å². The van der Waals surface area contributed by atoms with Gasteiger partial charge in [0.05, 0.1) is 0 Å². The molecule has 0 radical (unpaired) electrons. The van der Waals surface area contributed by atoms with E-state index in [-0.39, 0.29) is 6.42 Å². The maximum absolute atomic E-state index is 12.6. The molecule has 0 aromatic rings. The summed E-state index contributed by atoms with van der Waals surface area (Å²) < 4.78 is 37.7. The van der Waals surface area contributed by atoms with Gasteiger partial charge in [-0.2, -0.15) is 13.2 Å². The minimum absolute atomic E-state index is 0.163. The Morgan fingerprint density at radius 2 is 1.54 bits per heavy atom.